The van der Waals surface area contributed by atoms with Crippen molar-refractivity contribution in [2.75, 3.05) is 62.4 Å². The van der Waals surface area contributed by atoms with Gasteiger partial charge < -0.3 is 92.5 Å². The number of esters is 1. The summed E-state index contributed by atoms with van der Waals surface area (Å²) < 4.78 is 83.4. The van der Waals surface area contributed by atoms with Gasteiger partial charge in [0.25, 0.3) is 11.1 Å². The summed E-state index contributed by atoms with van der Waals surface area (Å²) in [5.74, 6) is -2.61. The lowest BCUT2D eigenvalue weighted by molar-refractivity contribution is -0.212. The first-order chi connectivity index (χ1) is 54.3. The molecule has 3 amide bonds. The molecule has 5 N–H and O–H groups in total. The Morgan fingerprint density at radius 2 is 1.02 bits per heavy atom. The van der Waals surface area contributed by atoms with Crippen LogP contribution < -0.4 is 52.7 Å². The second kappa shape index (κ2) is 44.3. The highest BCUT2D eigenvalue weighted by Crippen LogP contribution is 2.47. The zero-order valence-electron chi connectivity index (χ0n) is 65.0. The van der Waals surface area contributed by atoms with Gasteiger partial charge in [-0.15, -0.1) is 0 Å². The van der Waals surface area contributed by atoms with Gasteiger partial charge in [0, 0.05) is 73.4 Å². The minimum absolute atomic E-state index is 0. The van der Waals surface area contributed by atoms with Crippen molar-refractivity contribution in [3.63, 3.8) is 0 Å². The van der Waals surface area contributed by atoms with E-state index in [0.29, 0.717) is 62.6 Å². The minimum atomic E-state index is -1.62. The number of rotatable bonds is 32. The summed E-state index contributed by atoms with van der Waals surface area (Å²) >= 11 is 24.8. The number of carboxylic acids is 1. The summed E-state index contributed by atoms with van der Waals surface area (Å²) in [6, 6.07) is 21.4. The number of aliphatic hydroxyl groups excluding tert-OH is 1. The fourth-order valence-electron chi connectivity index (χ4n) is 12.8. The molecule has 32 nitrogen and oxygen atoms in total. The maximum absolute atomic E-state index is 13.7. The first-order valence-electron chi connectivity index (χ1n) is 36.2. The Bertz CT molecular complexity index is 4500. The van der Waals surface area contributed by atoms with Crippen LogP contribution in [-0.2, 0) is 79.6 Å². The number of amides is 3. The Balaban J connectivity index is 0.000000269. The van der Waals surface area contributed by atoms with E-state index in [1.807, 2.05) is 13.8 Å². The van der Waals surface area contributed by atoms with Crippen LogP contribution in [0.4, 0.5) is 9.59 Å². The monoisotopic (exact) mass is 1690 g/mol. The standard InChI is InChI=1S/C28H35N3O11.C27H33N3O11.C21H23Cl4NO3.C2H6.CH4/c1-7-14-39-26(34)29-19(25(33)38-6)20(37-5)21-22-23(42-28(2,3)41-22)24(40-21)30-13-12-18(32)31(27(30)35)15-16-8-10-17(36-4)11-9-16;1-6-13-38-25(34)28-18(24(32)33)19(37-5)20-21-22(41-27(2,3)40-21)23(39-20)29-12-11-17(31)30(26(29)35)14-15-7-9-16(36-4)10-8-15;1-26-19(27)6-4-2-3-5-9-29-14-11-17(24)20(18(25)12-14)21(28)15-8-7-13(22)10-16(15)23;1-2;/h7-13,19-24H,1,14-15H2,2-6H3,(H,29,34);6-12,18-23H,1,13-14H2,2-5H3,(H,28,34)(H,32,33);7-8,10-12,21,28H,2-6,9H2,1H3,(H,26,27);1-2H3;1H4/t19-,20-,21+,22-,23?,24+;18-,19-,20+,21-,22?,23+;;;/m00.../s1. The molecule has 0 radical (unpaired) electrons. The number of halogens is 4. The van der Waals surface area contributed by atoms with Crippen LogP contribution in [0.5, 0.6) is 17.2 Å². The molecule has 115 heavy (non-hydrogen) atoms. The van der Waals surface area contributed by atoms with Crippen LogP contribution >= 0.6 is 46.4 Å². The predicted molar refractivity (Wildman–Crippen MR) is 425 cm³/mol. The molecule has 4 fully saturated rings. The molecule has 2 aromatic heterocycles. The number of aromatic nitrogens is 4. The van der Waals surface area contributed by atoms with Crippen LogP contribution in [0.25, 0.3) is 0 Å². The van der Waals surface area contributed by atoms with Crippen LogP contribution in [0.3, 0.4) is 0 Å². The second-order valence-electron chi connectivity index (χ2n) is 26.5. The topological polar surface area (TPSA) is 379 Å². The van der Waals surface area contributed by atoms with Crippen molar-refractivity contribution < 1.29 is 101 Å². The number of aliphatic hydroxyl groups is 1. The van der Waals surface area contributed by atoms with Gasteiger partial charge in [-0.1, -0.05) is 136 Å². The molecule has 13 atom stereocenters. The molecule has 0 aliphatic carbocycles. The normalized spacial score (nSPS) is 20.4. The highest BCUT2D eigenvalue weighted by Gasteiger charge is 2.62. The third-order valence-electron chi connectivity index (χ3n) is 18.1. The lowest BCUT2D eigenvalue weighted by atomic mass is 9.99. The minimum Gasteiger partial charge on any atom is -0.497 e. The summed E-state index contributed by atoms with van der Waals surface area (Å²) in [5, 5.41) is 29.3. The Morgan fingerprint density at radius 3 is 1.43 bits per heavy atom. The number of unbranched alkanes of at least 4 members (excludes halogenated alkanes) is 3. The number of fused-ring (bicyclic) bond motifs is 2. The summed E-state index contributed by atoms with van der Waals surface area (Å²) in [4.78, 5) is 113. The van der Waals surface area contributed by atoms with Crippen LogP contribution in [-0.4, -0.2) is 193 Å². The van der Waals surface area contributed by atoms with Crippen LogP contribution in [0, 0.1) is 0 Å². The zero-order valence-corrected chi connectivity index (χ0v) is 68.1. The van der Waals surface area contributed by atoms with Gasteiger partial charge in [-0.25, -0.2) is 28.8 Å². The molecule has 4 saturated heterocycles. The van der Waals surface area contributed by atoms with Crippen molar-refractivity contribution in [1.82, 2.24) is 34.2 Å². The van der Waals surface area contributed by atoms with Gasteiger partial charge in [-0.05, 0) is 100 Å². The summed E-state index contributed by atoms with van der Waals surface area (Å²) in [6.45, 7) is 17.9. The van der Waals surface area contributed by atoms with Crippen molar-refractivity contribution >= 4 is 76.4 Å². The summed E-state index contributed by atoms with van der Waals surface area (Å²) in [7, 11) is 8.45. The number of benzene rings is 4. The first-order valence-corrected chi connectivity index (χ1v) is 37.7. The molecule has 36 heteroatoms. The molecule has 10 rings (SSSR count). The van der Waals surface area contributed by atoms with Crippen LogP contribution in [0.2, 0.25) is 20.1 Å². The van der Waals surface area contributed by atoms with Gasteiger partial charge in [0.05, 0.1) is 51.1 Å². The molecule has 4 aliphatic heterocycles. The van der Waals surface area contributed by atoms with Crippen LogP contribution in [0.1, 0.15) is 122 Å². The molecule has 6 aromatic rings. The predicted octanol–water partition coefficient (Wildman–Crippen LogP) is 9.94. The first kappa shape index (κ1) is 94.7. The molecule has 4 aromatic carbocycles. The molecule has 4 aliphatic rings. The Hall–Kier alpha value is -9.13. The van der Waals surface area contributed by atoms with E-state index in [9.17, 15) is 53.4 Å². The number of carboxylic acid groups (broad SMARTS) is 1. The van der Waals surface area contributed by atoms with E-state index in [1.54, 1.807) is 121 Å². The fourth-order valence-corrected chi connectivity index (χ4v) is 14.0. The van der Waals surface area contributed by atoms with E-state index in [4.69, 9.17) is 113 Å². The number of ether oxygens (including phenoxy) is 14. The molecular weight excluding hydrogens is 1590 g/mol. The maximum Gasteiger partial charge on any atom is 0.408 e. The lowest BCUT2D eigenvalue weighted by Crippen LogP contribution is -2.57. The molecule has 630 valence electrons. The largest absolute Gasteiger partial charge is 0.497 e. The number of hydrogen-bond acceptors (Lipinski definition) is 24. The average molecular weight is 1690 g/mol. The average Bonchev–Trinajstić information content (AvgIpc) is 1.59. The summed E-state index contributed by atoms with van der Waals surface area (Å²) in [5.41, 5.74) is -0.159. The van der Waals surface area contributed by atoms with E-state index in [1.165, 1.54) is 67.1 Å². The van der Waals surface area contributed by atoms with E-state index in [0.717, 1.165) is 41.9 Å². The van der Waals surface area contributed by atoms with Crippen molar-refractivity contribution in [1.29, 1.82) is 0 Å². The van der Waals surface area contributed by atoms with Crippen LogP contribution in [0.15, 0.2) is 148 Å². The second-order valence-corrected chi connectivity index (χ2v) is 28.2. The number of aliphatic carboxylic acids is 1. The van der Waals surface area contributed by atoms with E-state index >= 15 is 0 Å². The Morgan fingerprint density at radius 1 is 0.583 bits per heavy atom. The molecule has 0 spiro atoms. The van der Waals surface area contributed by atoms with E-state index in [2.05, 4.69) is 29.1 Å². The number of alkyl carbamates (subject to hydrolysis) is 2. The van der Waals surface area contributed by atoms with Crippen molar-refractivity contribution in [3.8, 4) is 17.2 Å². The maximum atomic E-state index is 13.7. The number of carbonyl (C=O) groups excluding carboxylic acids is 4. The lowest BCUT2D eigenvalue weighted by Gasteiger charge is -2.32. The highest BCUT2D eigenvalue weighted by atomic mass is 35.5. The number of nitrogens with one attached hydrogen (secondary N) is 3. The fraction of sp³-hybridized carbons (Fsp3) is 0.481. The third-order valence-corrected chi connectivity index (χ3v) is 19.3. The number of hydrogen-bond donors (Lipinski definition) is 5. The highest BCUT2D eigenvalue weighted by molar-refractivity contribution is 6.37. The quantitative estimate of drug-likeness (QED) is 0.0113. The van der Waals surface area contributed by atoms with Crippen molar-refractivity contribution in [2.45, 2.75) is 185 Å². The smallest absolute Gasteiger partial charge is 0.408 e. The third kappa shape index (κ3) is 24.7. The van der Waals surface area contributed by atoms with E-state index < -0.39 is 138 Å². The number of methoxy groups -OCH3 is 5. The molecular formula is C79H101Cl4N7O25. The SMILES string of the molecule is C.C=CCOC(=O)N[C@H](C(=O)O)[C@H](OC)[C@H]1O[C@@H](n2ccc(=O)n(Cc3ccc(OC)cc3)c2=O)C2OC(C)(C)O[C@H]21.C=CCOC(=O)N[C@H](C(=O)OC)[C@H](OC)[C@H]1O[C@@H](n2ccc(=O)n(Cc3ccc(OC)cc3)c2=O)C2OC(C)(C)O[C@H]21.CC.CNC(=O)CCCCCCOc1cc(Cl)c(C(O)c2ccc(Cl)cc2Cl)c(Cl)c1. The van der Waals surface area contributed by atoms with E-state index in [-0.39, 0.29) is 49.7 Å². The molecule has 6 heterocycles. The molecule has 3 unspecified atom stereocenters. The van der Waals surface area contributed by atoms with Gasteiger partial charge in [0.15, 0.2) is 36.1 Å². The Kier molecular flexibility index (Phi) is 36.5. The van der Waals surface area contributed by atoms with Gasteiger partial charge in [0.1, 0.15) is 85.4 Å². The van der Waals surface area contributed by atoms with Gasteiger partial charge in [0.2, 0.25) is 5.91 Å². The van der Waals surface area contributed by atoms with Gasteiger partial charge in [-0.3, -0.25) is 32.7 Å². The Labute approximate surface area is 685 Å². The number of nitrogens with zero attached hydrogens (tertiary/aromatic N) is 4. The zero-order chi connectivity index (χ0) is 83.9. The number of carbonyl (C=O) groups is 5. The van der Waals surface area contributed by atoms with Crippen molar-refractivity contribution in [3.05, 3.63) is 213 Å². The van der Waals surface area contributed by atoms with Gasteiger partial charge in [-0.2, -0.15) is 0 Å². The van der Waals surface area contributed by atoms with Crippen molar-refractivity contribution in [2.24, 2.45) is 0 Å². The molecule has 0 bridgehead atoms. The molecule has 0 saturated carbocycles. The van der Waals surface area contributed by atoms with Gasteiger partial charge >= 0.3 is 35.5 Å². The summed E-state index contributed by atoms with van der Waals surface area (Å²) in [6.07, 6.45) is -3.82.